The number of hydrogen-bond donors (Lipinski definition) is 3. The SMILES string of the molecule is COC(=O)[C@H](CCCCNC(=O)OC(C)(C)C)N(C(=O)OCc1ccccc1)C(=O)[C@@H](N)CCCCNC(=O)OC(C)(C)C. The Labute approximate surface area is 260 Å². The third-order valence-corrected chi connectivity index (χ3v) is 5.92. The third-order valence-electron chi connectivity index (χ3n) is 5.92. The van der Waals surface area contributed by atoms with Crippen LogP contribution in [0, 0.1) is 0 Å². The van der Waals surface area contributed by atoms with Crippen LogP contribution in [-0.4, -0.2) is 78.5 Å². The highest BCUT2D eigenvalue weighted by Crippen LogP contribution is 2.17. The van der Waals surface area contributed by atoms with Gasteiger partial charge in [0, 0.05) is 13.1 Å². The van der Waals surface area contributed by atoms with Gasteiger partial charge in [-0.2, -0.15) is 0 Å². The Kier molecular flexibility index (Phi) is 16.2. The molecule has 0 aromatic heterocycles. The summed E-state index contributed by atoms with van der Waals surface area (Å²) in [6.07, 6.45) is -0.155. The number of amides is 4. The molecule has 44 heavy (non-hydrogen) atoms. The molecule has 2 atom stereocenters. The minimum Gasteiger partial charge on any atom is -0.467 e. The molecule has 0 saturated carbocycles. The van der Waals surface area contributed by atoms with Crippen molar-refractivity contribution in [1.82, 2.24) is 15.5 Å². The lowest BCUT2D eigenvalue weighted by Crippen LogP contribution is -2.54. The molecule has 1 rings (SSSR count). The normalized spacial score (nSPS) is 12.7. The molecule has 13 nitrogen and oxygen atoms in total. The highest BCUT2D eigenvalue weighted by atomic mass is 16.6. The first-order valence-electron chi connectivity index (χ1n) is 14.8. The van der Waals surface area contributed by atoms with Crippen LogP contribution in [0.3, 0.4) is 0 Å². The zero-order chi connectivity index (χ0) is 33.3. The van der Waals surface area contributed by atoms with Crippen LogP contribution >= 0.6 is 0 Å². The minimum absolute atomic E-state index is 0.0569. The summed E-state index contributed by atoms with van der Waals surface area (Å²) >= 11 is 0. The number of alkyl carbamates (subject to hydrolysis) is 2. The monoisotopic (exact) mass is 622 g/mol. The number of carbonyl (C=O) groups is 5. The summed E-state index contributed by atoms with van der Waals surface area (Å²) in [5.41, 5.74) is 5.63. The first-order chi connectivity index (χ1) is 20.5. The standard InChI is InChI=1S/C31H50N4O9/c1-30(2,3)43-27(38)33-19-13-11-17-23(32)25(36)35(29(40)42-21-22-15-9-8-10-16-22)24(26(37)41-7)18-12-14-20-34-28(39)44-31(4,5)6/h8-10,15-16,23-24H,11-14,17-21,32H2,1-7H3,(H,33,38)(H,34,39)/t23-,24-/m0/s1. The maximum atomic E-state index is 13.5. The summed E-state index contributed by atoms with van der Waals surface area (Å²) in [7, 11) is 1.16. The van der Waals surface area contributed by atoms with Crippen molar-refractivity contribution in [2.24, 2.45) is 5.73 Å². The van der Waals surface area contributed by atoms with E-state index in [1.165, 1.54) is 0 Å². The number of nitrogens with zero attached hydrogens (tertiary/aromatic N) is 1. The lowest BCUT2D eigenvalue weighted by molar-refractivity contribution is -0.152. The van der Waals surface area contributed by atoms with E-state index < -0.39 is 53.4 Å². The van der Waals surface area contributed by atoms with Gasteiger partial charge in [0.15, 0.2) is 0 Å². The van der Waals surface area contributed by atoms with E-state index in [0.29, 0.717) is 37.8 Å². The van der Waals surface area contributed by atoms with Crippen molar-refractivity contribution >= 4 is 30.2 Å². The quantitative estimate of drug-likeness (QED) is 0.144. The number of nitrogens with one attached hydrogen (secondary N) is 2. The van der Waals surface area contributed by atoms with Gasteiger partial charge >= 0.3 is 24.2 Å². The number of hydrogen-bond acceptors (Lipinski definition) is 10. The van der Waals surface area contributed by atoms with Crippen LogP contribution in [0.25, 0.3) is 0 Å². The Morgan fingerprint density at radius 1 is 0.795 bits per heavy atom. The van der Waals surface area contributed by atoms with Gasteiger partial charge in [0.25, 0.3) is 0 Å². The summed E-state index contributed by atoms with van der Waals surface area (Å²) in [6.45, 7) is 11.0. The molecule has 13 heteroatoms. The lowest BCUT2D eigenvalue weighted by atomic mass is 10.0. The molecule has 1 aromatic carbocycles. The van der Waals surface area contributed by atoms with Crippen molar-refractivity contribution in [3.05, 3.63) is 35.9 Å². The Bertz CT molecular complexity index is 1070. The summed E-state index contributed by atoms with van der Waals surface area (Å²) in [4.78, 5) is 64.1. The molecule has 4 amide bonds. The molecule has 0 aliphatic rings. The summed E-state index contributed by atoms with van der Waals surface area (Å²) < 4.78 is 20.8. The van der Waals surface area contributed by atoms with Gasteiger partial charge in [-0.05, 0) is 85.6 Å². The maximum Gasteiger partial charge on any atom is 0.417 e. The molecule has 0 radical (unpaired) electrons. The number of imide groups is 1. The molecular formula is C31H50N4O9. The van der Waals surface area contributed by atoms with E-state index in [0.717, 1.165) is 12.0 Å². The second-order valence-corrected chi connectivity index (χ2v) is 12.2. The lowest BCUT2D eigenvalue weighted by Gasteiger charge is -2.29. The van der Waals surface area contributed by atoms with Crippen LogP contribution in [0.15, 0.2) is 30.3 Å². The fourth-order valence-corrected chi connectivity index (χ4v) is 3.91. The predicted molar refractivity (Wildman–Crippen MR) is 163 cm³/mol. The highest BCUT2D eigenvalue weighted by molar-refractivity contribution is 5.99. The fraction of sp³-hybridized carbons (Fsp3) is 0.645. The maximum absolute atomic E-state index is 13.5. The number of unbranched alkanes of at least 4 members (excludes halogenated alkanes) is 2. The molecule has 0 fully saturated rings. The van der Waals surface area contributed by atoms with Crippen molar-refractivity contribution in [1.29, 1.82) is 0 Å². The molecule has 0 aliphatic heterocycles. The summed E-state index contributed by atoms with van der Waals surface area (Å²) in [5, 5.41) is 5.28. The molecule has 4 N–H and O–H groups in total. The van der Waals surface area contributed by atoms with Crippen molar-refractivity contribution in [2.45, 2.75) is 110 Å². The zero-order valence-electron chi connectivity index (χ0n) is 27.1. The smallest absolute Gasteiger partial charge is 0.417 e. The Morgan fingerprint density at radius 2 is 1.30 bits per heavy atom. The Balaban J connectivity index is 2.89. The predicted octanol–water partition coefficient (Wildman–Crippen LogP) is 4.41. The number of carbonyl (C=O) groups excluding carboxylic acids is 5. The zero-order valence-corrected chi connectivity index (χ0v) is 27.1. The Morgan fingerprint density at radius 3 is 1.77 bits per heavy atom. The number of rotatable bonds is 15. The average Bonchev–Trinajstić information content (AvgIpc) is 2.92. The van der Waals surface area contributed by atoms with E-state index >= 15 is 0 Å². The van der Waals surface area contributed by atoms with Gasteiger partial charge in [0.2, 0.25) is 5.91 Å². The number of ether oxygens (including phenoxy) is 4. The summed E-state index contributed by atoms with van der Waals surface area (Å²) in [5.74, 6) is -1.59. The molecule has 248 valence electrons. The van der Waals surface area contributed by atoms with Crippen molar-refractivity contribution < 1.29 is 42.9 Å². The van der Waals surface area contributed by atoms with Crippen LogP contribution in [0.5, 0.6) is 0 Å². The largest absolute Gasteiger partial charge is 0.467 e. The molecule has 0 aliphatic carbocycles. The molecular weight excluding hydrogens is 572 g/mol. The fourth-order valence-electron chi connectivity index (χ4n) is 3.91. The topological polar surface area (TPSA) is 176 Å². The molecule has 0 heterocycles. The molecule has 0 saturated heterocycles. The highest BCUT2D eigenvalue weighted by Gasteiger charge is 2.38. The Hall–Kier alpha value is -3.87. The van der Waals surface area contributed by atoms with Crippen LogP contribution in [0.1, 0.15) is 85.6 Å². The molecule has 1 aromatic rings. The number of methoxy groups -OCH3 is 1. The average molecular weight is 623 g/mol. The van der Waals surface area contributed by atoms with Gasteiger partial charge in [-0.1, -0.05) is 30.3 Å². The van der Waals surface area contributed by atoms with Gasteiger partial charge < -0.3 is 35.3 Å². The van der Waals surface area contributed by atoms with E-state index in [1.54, 1.807) is 65.8 Å². The first-order valence-corrected chi connectivity index (χ1v) is 14.8. The summed E-state index contributed by atoms with van der Waals surface area (Å²) in [6, 6.07) is 6.47. The van der Waals surface area contributed by atoms with Gasteiger partial charge in [-0.15, -0.1) is 0 Å². The van der Waals surface area contributed by atoms with Gasteiger partial charge in [0.1, 0.15) is 23.9 Å². The van der Waals surface area contributed by atoms with Crippen LogP contribution in [0.2, 0.25) is 0 Å². The van der Waals surface area contributed by atoms with Crippen LogP contribution in [0.4, 0.5) is 14.4 Å². The van der Waals surface area contributed by atoms with E-state index in [-0.39, 0.29) is 26.0 Å². The minimum atomic E-state index is -1.29. The second kappa shape index (κ2) is 18.7. The second-order valence-electron chi connectivity index (χ2n) is 12.2. The van der Waals surface area contributed by atoms with E-state index in [4.69, 9.17) is 24.7 Å². The van der Waals surface area contributed by atoms with Crippen LogP contribution in [-0.2, 0) is 35.1 Å². The van der Waals surface area contributed by atoms with E-state index in [2.05, 4.69) is 10.6 Å². The third kappa shape index (κ3) is 16.1. The number of benzene rings is 1. The number of nitrogens with two attached hydrogens (primary N) is 1. The van der Waals surface area contributed by atoms with Crippen molar-refractivity contribution in [3.8, 4) is 0 Å². The van der Waals surface area contributed by atoms with Crippen molar-refractivity contribution in [3.63, 3.8) is 0 Å². The molecule has 0 spiro atoms. The van der Waals surface area contributed by atoms with E-state index in [1.807, 2.05) is 6.07 Å². The van der Waals surface area contributed by atoms with Gasteiger partial charge in [-0.3, -0.25) is 4.79 Å². The van der Waals surface area contributed by atoms with Crippen LogP contribution < -0.4 is 16.4 Å². The number of esters is 1. The van der Waals surface area contributed by atoms with E-state index in [9.17, 15) is 24.0 Å². The van der Waals surface area contributed by atoms with Gasteiger partial charge in [0.05, 0.1) is 13.2 Å². The van der Waals surface area contributed by atoms with Crippen molar-refractivity contribution in [2.75, 3.05) is 20.2 Å². The molecule has 0 unspecified atom stereocenters. The first kappa shape index (κ1) is 38.2. The van der Waals surface area contributed by atoms with Gasteiger partial charge in [-0.25, -0.2) is 24.1 Å². The molecule has 0 bridgehead atoms.